The third-order valence-electron chi connectivity index (χ3n) is 4.83. The summed E-state index contributed by atoms with van der Waals surface area (Å²) in [5.41, 5.74) is 9.64. The molecule has 0 saturated carbocycles. The Morgan fingerprint density at radius 3 is 2.83 bits per heavy atom. The molecule has 0 radical (unpaired) electrons. The van der Waals surface area contributed by atoms with E-state index in [1.807, 2.05) is 6.07 Å². The fourth-order valence-corrected chi connectivity index (χ4v) is 3.65. The van der Waals surface area contributed by atoms with Gasteiger partial charge in [-0.25, -0.2) is 9.97 Å². The van der Waals surface area contributed by atoms with Crippen LogP contribution in [-0.4, -0.2) is 40.0 Å². The second-order valence-electron chi connectivity index (χ2n) is 6.49. The van der Waals surface area contributed by atoms with Crippen LogP contribution in [0.2, 0.25) is 5.02 Å². The predicted molar refractivity (Wildman–Crippen MR) is 98.2 cm³/mol. The normalized spacial score (nSPS) is 16.8. The average Bonchev–Trinajstić information content (AvgIpc) is 3.02. The summed E-state index contributed by atoms with van der Waals surface area (Å²) in [5.74, 6) is 1.01. The van der Waals surface area contributed by atoms with E-state index in [-0.39, 0.29) is 0 Å². The van der Waals surface area contributed by atoms with Gasteiger partial charge < -0.3 is 15.6 Å². The molecule has 24 heavy (non-hydrogen) atoms. The van der Waals surface area contributed by atoms with E-state index in [9.17, 15) is 0 Å². The van der Waals surface area contributed by atoms with Gasteiger partial charge in [0.25, 0.3) is 0 Å². The molecule has 0 atom stereocenters. The van der Waals surface area contributed by atoms with Gasteiger partial charge >= 0.3 is 0 Å². The van der Waals surface area contributed by atoms with Gasteiger partial charge in [-0.15, -0.1) is 0 Å². The highest BCUT2D eigenvalue weighted by Crippen LogP contribution is 2.35. The molecule has 1 saturated heterocycles. The van der Waals surface area contributed by atoms with Crippen LogP contribution in [0.1, 0.15) is 24.5 Å². The van der Waals surface area contributed by atoms with Crippen molar-refractivity contribution in [1.29, 1.82) is 0 Å². The van der Waals surface area contributed by atoms with E-state index >= 15 is 0 Å². The Morgan fingerprint density at radius 1 is 1.25 bits per heavy atom. The third-order valence-corrected chi connectivity index (χ3v) is 5.14. The molecular formula is C18H20ClN5. The van der Waals surface area contributed by atoms with Gasteiger partial charge in [0.05, 0.1) is 10.7 Å². The number of pyridine rings is 2. The lowest BCUT2D eigenvalue weighted by atomic mass is 9.93. The van der Waals surface area contributed by atoms with E-state index in [4.69, 9.17) is 17.3 Å². The molecule has 1 aliphatic rings. The molecular weight excluding hydrogens is 322 g/mol. The minimum Gasteiger partial charge on any atom is -0.384 e. The zero-order valence-electron chi connectivity index (χ0n) is 13.6. The lowest BCUT2D eigenvalue weighted by Crippen LogP contribution is -2.29. The monoisotopic (exact) mass is 341 g/mol. The number of nitrogen functional groups attached to an aromatic ring is 1. The second kappa shape index (κ2) is 6.07. The van der Waals surface area contributed by atoms with Crippen molar-refractivity contribution in [3.05, 3.63) is 41.2 Å². The van der Waals surface area contributed by atoms with Crippen molar-refractivity contribution < 1.29 is 0 Å². The van der Waals surface area contributed by atoms with Crippen LogP contribution in [-0.2, 0) is 0 Å². The fraction of sp³-hybridized carbons (Fsp3) is 0.333. The minimum atomic E-state index is 0.463. The van der Waals surface area contributed by atoms with Crippen LogP contribution in [0.15, 0.2) is 30.5 Å². The Bertz CT molecular complexity index is 880. The van der Waals surface area contributed by atoms with Crippen molar-refractivity contribution in [3.8, 4) is 11.3 Å². The molecule has 4 rings (SSSR count). The first kappa shape index (κ1) is 15.4. The molecule has 1 aliphatic heterocycles. The molecule has 3 aromatic rings. The maximum absolute atomic E-state index is 6.35. The molecule has 6 heteroatoms. The zero-order valence-corrected chi connectivity index (χ0v) is 14.3. The summed E-state index contributed by atoms with van der Waals surface area (Å²) in [5, 5.41) is 1.64. The van der Waals surface area contributed by atoms with Gasteiger partial charge in [0.15, 0.2) is 0 Å². The summed E-state index contributed by atoms with van der Waals surface area (Å²) in [6.45, 7) is 2.26. The Morgan fingerprint density at radius 2 is 2.04 bits per heavy atom. The van der Waals surface area contributed by atoms with Crippen LogP contribution in [0.25, 0.3) is 22.3 Å². The molecule has 1 fully saturated rings. The summed E-state index contributed by atoms with van der Waals surface area (Å²) >= 11 is 6.35. The number of nitrogens with two attached hydrogens (primary N) is 1. The first-order chi connectivity index (χ1) is 11.6. The maximum atomic E-state index is 6.35. The smallest absolute Gasteiger partial charge is 0.138 e. The SMILES string of the molecule is CN1CCC(c2cc3c(-c4nc(N)ccc4Cl)ccnc3[nH]2)CC1. The van der Waals surface area contributed by atoms with E-state index < -0.39 is 0 Å². The molecule has 0 bridgehead atoms. The van der Waals surface area contributed by atoms with Gasteiger partial charge in [-0.3, -0.25) is 0 Å². The first-order valence-electron chi connectivity index (χ1n) is 8.20. The van der Waals surface area contributed by atoms with Gasteiger partial charge in [-0.2, -0.15) is 0 Å². The third kappa shape index (κ3) is 2.74. The molecule has 0 aromatic carbocycles. The standard InChI is InChI=1S/C18H20ClN5/c1-24-8-5-11(6-9-24)15-10-13-12(4-7-21-18(13)22-15)17-14(19)2-3-16(20)23-17/h2-4,7,10-11H,5-6,8-9H2,1H3,(H2,20,23)(H,21,22). The minimum absolute atomic E-state index is 0.463. The fourth-order valence-electron chi connectivity index (χ4n) is 3.44. The van der Waals surface area contributed by atoms with E-state index in [0.29, 0.717) is 22.5 Å². The van der Waals surface area contributed by atoms with E-state index in [1.54, 1.807) is 18.3 Å². The van der Waals surface area contributed by atoms with Crippen molar-refractivity contribution >= 4 is 28.5 Å². The molecule has 4 heterocycles. The highest BCUT2D eigenvalue weighted by molar-refractivity contribution is 6.33. The number of rotatable bonds is 2. The lowest BCUT2D eigenvalue weighted by Gasteiger charge is -2.28. The van der Waals surface area contributed by atoms with Crippen LogP contribution >= 0.6 is 11.6 Å². The highest BCUT2D eigenvalue weighted by atomic mass is 35.5. The predicted octanol–water partition coefficient (Wildman–Crippen LogP) is 3.67. The number of aromatic nitrogens is 3. The van der Waals surface area contributed by atoms with Crippen LogP contribution in [0.4, 0.5) is 5.82 Å². The van der Waals surface area contributed by atoms with Crippen LogP contribution in [0.5, 0.6) is 0 Å². The Labute approximate surface area is 145 Å². The number of likely N-dealkylation sites (tertiary alicyclic amines) is 1. The summed E-state index contributed by atoms with van der Waals surface area (Å²) in [6.07, 6.45) is 4.11. The van der Waals surface area contributed by atoms with Gasteiger partial charge in [0.1, 0.15) is 11.5 Å². The topological polar surface area (TPSA) is 70.8 Å². The van der Waals surface area contributed by atoms with Gasteiger partial charge in [0.2, 0.25) is 0 Å². The molecule has 3 N–H and O–H groups in total. The first-order valence-corrected chi connectivity index (χ1v) is 8.58. The zero-order chi connectivity index (χ0) is 16.7. The van der Waals surface area contributed by atoms with Gasteiger partial charge in [0, 0.05) is 28.8 Å². The van der Waals surface area contributed by atoms with Crippen molar-refractivity contribution in [2.45, 2.75) is 18.8 Å². The van der Waals surface area contributed by atoms with E-state index in [2.05, 4.69) is 33.0 Å². The molecule has 0 amide bonds. The maximum Gasteiger partial charge on any atom is 0.138 e. The van der Waals surface area contributed by atoms with Crippen LogP contribution in [0.3, 0.4) is 0 Å². The second-order valence-corrected chi connectivity index (χ2v) is 6.90. The Kier molecular flexibility index (Phi) is 3.90. The summed E-state index contributed by atoms with van der Waals surface area (Å²) in [7, 11) is 2.18. The largest absolute Gasteiger partial charge is 0.384 e. The van der Waals surface area contributed by atoms with E-state index in [0.717, 1.165) is 42.5 Å². The molecule has 0 aliphatic carbocycles. The lowest BCUT2D eigenvalue weighted by molar-refractivity contribution is 0.254. The van der Waals surface area contributed by atoms with Crippen LogP contribution in [0, 0.1) is 0 Å². The molecule has 0 unspecified atom stereocenters. The van der Waals surface area contributed by atoms with E-state index in [1.165, 1.54) is 5.69 Å². The number of nitrogens with one attached hydrogen (secondary N) is 1. The number of anilines is 1. The molecule has 0 spiro atoms. The number of hydrogen-bond donors (Lipinski definition) is 2. The molecule has 5 nitrogen and oxygen atoms in total. The van der Waals surface area contributed by atoms with Crippen molar-refractivity contribution in [1.82, 2.24) is 19.9 Å². The highest BCUT2D eigenvalue weighted by Gasteiger charge is 2.21. The number of piperidine rings is 1. The average molecular weight is 342 g/mol. The van der Waals surface area contributed by atoms with Gasteiger partial charge in [-0.05, 0) is 57.2 Å². The number of hydrogen-bond acceptors (Lipinski definition) is 4. The van der Waals surface area contributed by atoms with Crippen molar-refractivity contribution in [2.75, 3.05) is 25.9 Å². The summed E-state index contributed by atoms with van der Waals surface area (Å²) in [4.78, 5) is 14.8. The summed E-state index contributed by atoms with van der Waals surface area (Å²) < 4.78 is 0. The molecule has 3 aromatic heterocycles. The number of H-pyrrole nitrogens is 1. The number of fused-ring (bicyclic) bond motifs is 1. The summed E-state index contributed by atoms with van der Waals surface area (Å²) in [6, 6.07) is 7.65. The number of nitrogens with zero attached hydrogens (tertiary/aromatic N) is 3. The Hall–Kier alpha value is -2.11. The van der Waals surface area contributed by atoms with Gasteiger partial charge in [-0.1, -0.05) is 11.6 Å². The van der Waals surface area contributed by atoms with Crippen molar-refractivity contribution in [3.63, 3.8) is 0 Å². The quantitative estimate of drug-likeness (QED) is 0.746. The number of halogens is 1. The van der Waals surface area contributed by atoms with Crippen LogP contribution < -0.4 is 5.73 Å². The Balaban J connectivity index is 1.79. The number of aromatic amines is 1. The molecule has 124 valence electrons. The van der Waals surface area contributed by atoms with Crippen molar-refractivity contribution in [2.24, 2.45) is 0 Å².